The number of likely N-dealkylation sites (N-methyl/N-ethyl adjacent to an activating group) is 1. The first-order valence-corrected chi connectivity index (χ1v) is 9.03. The Kier molecular flexibility index (Phi) is 4.88. The van der Waals surface area contributed by atoms with Gasteiger partial charge >= 0.3 is 0 Å². The molecule has 0 aliphatic heterocycles. The van der Waals surface area contributed by atoms with Crippen molar-refractivity contribution < 1.29 is 13.2 Å². The number of sulfonamides is 1. The topological polar surface area (TPSA) is 57.7 Å². The quantitative estimate of drug-likeness (QED) is 0.834. The van der Waals surface area contributed by atoms with Crippen LogP contribution in [0.4, 0.5) is 5.69 Å². The molecule has 5 nitrogen and oxygen atoms in total. The molecule has 0 atom stereocenters. The normalized spacial score (nSPS) is 15.9. The molecular formula is C15H22N2O3S. The van der Waals surface area contributed by atoms with Gasteiger partial charge in [-0.3, -0.25) is 9.10 Å². The number of nitrogens with zero attached hydrogens (tertiary/aromatic N) is 2. The van der Waals surface area contributed by atoms with Crippen LogP contribution >= 0.6 is 0 Å². The molecule has 0 bridgehead atoms. The van der Waals surface area contributed by atoms with Gasteiger partial charge in [0.05, 0.1) is 11.9 Å². The number of hydrogen-bond acceptors (Lipinski definition) is 3. The van der Waals surface area contributed by atoms with Crippen LogP contribution < -0.4 is 4.31 Å². The maximum Gasteiger partial charge on any atom is 0.243 e. The van der Waals surface area contributed by atoms with E-state index in [0.29, 0.717) is 5.69 Å². The molecule has 1 aromatic rings. The maximum absolute atomic E-state index is 12.4. The Morgan fingerprint density at radius 1 is 1.19 bits per heavy atom. The Morgan fingerprint density at radius 3 is 2.29 bits per heavy atom. The van der Waals surface area contributed by atoms with Gasteiger partial charge in [0.1, 0.15) is 6.54 Å². The van der Waals surface area contributed by atoms with E-state index in [1.807, 2.05) is 6.07 Å². The largest absolute Gasteiger partial charge is 0.341 e. The molecule has 1 saturated carbocycles. The van der Waals surface area contributed by atoms with E-state index in [2.05, 4.69) is 0 Å². The molecule has 1 aliphatic carbocycles. The molecule has 0 unspecified atom stereocenters. The number of carbonyl (C=O) groups excluding carboxylic acids is 1. The minimum Gasteiger partial charge on any atom is -0.341 e. The second-order valence-corrected chi connectivity index (χ2v) is 7.45. The molecule has 0 spiro atoms. The van der Waals surface area contributed by atoms with E-state index in [4.69, 9.17) is 0 Å². The van der Waals surface area contributed by atoms with Gasteiger partial charge in [-0.1, -0.05) is 31.0 Å². The number of rotatable bonds is 5. The van der Waals surface area contributed by atoms with E-state index in [0.717, 1.165) is 31.9 Å². The van der Waals surface area contributed by atoms with Gasteiger partial charge in [0.15, 0.2) is 0 Å². The van der Waals surface area contributed by atoms with Crippen LogP contribution in [0.3, 0.4) is 0 Å². The zero-order chi connectivity index (χ0) is 15.5. The summed E-state index contributed by atoms with van der Waals surface area (Å²) in [4.78, 5) is 14.1. The number of anilines is 1. The molecule has 2 rings (SSSR count). The van der Waals surface area contributed by atoms with Gasteiger partial charge in [0.2, 0.25) is 15.9 Å². The van der Waals surface area contributed by atoms with Crippen molar-refractivity contribution in [3.05, 3.63) is 30.3 Å². The van der Waals surface area contributed by atoms with Gasteiger partial charge in [0.25, 0.3) is 0 Å². The Bertz CT molecular complexity index is 580. The molecule has 21 heavy (non-hydrogen) atoms. The smallest absolute Gasteiger partial charge is 0.243 e. The Morgan fingerprint density at radius 2 is 1.76 bits per heavy atom. The van der Waals surface area contributed by atoms with Crippen LogP contribution in [0.2, 0.25) is 0 Å². The van der Waals surface area contributed by atoms with Crippen LogP contribution in [-0.4, -0.2) is 45.1 Å². The van der Waals surface area contributed by atoms with Crippen LogP contribution in [0, 0.1) is 0 Å². The van der Waals surface area contributed by atoms with Crippen molar-refractivity contribution in [2.45, 2.75) is 31.7 Å². The Labute approximate surface area is 126 Å². The van der Waals surface area contributed by atoms with Crippen molar-refractivity contribution in [1.82, 2.24) is 4.90 Å². The number of para-hydroxylation sites is 1. The van der Waals surface area contributed by atoms with Crippen molar-refractivity contribution in [2.24, 2.45) is 0 Å². The molecule has 1 amide bonds. The van der Waals surface area contributed by atoms with Crippen LogP contribution in [0.1, 0.15) is 25.7 Å². The monoisotopic (exact) mass is 310 g/mol. The summed E-state index contributed by atoms with van der Waals surface area (Å²) in [5.41, 5.74) is 0.521. The molecule has 0 aromatic heterocycles. The van der Waals surface area contributed by atoms with Crippen molar-refractivity contribution in [1.29, 1.82) is 0 Å². The van der Waals surface area contributed by atoms with Crippen molar-refractivity contribution >= 4 is 21.6 Å². The van der Waals surface area contributed by atoms with Gasteiger partial charge in [-0.05, 0) is 25.0 Å². The third-order valence-corrected chi connectivity index (χ3v) is 5.13. The lowest BCUT2D eigenvalue weighted by Crippen LogP contribution is -2.44. The van der Waals surface area contributed by atoms with E-state index in [1.54, 1.807) is 36.2 Å². The first-order valence-electron chi connectivity index (χ1n) is 7.18. The number of benzene rings is 1. The highest BCUT2D eigenvalue weighted by atomic mass is 32.2. The van der Waals surface area contributed by atoms with Crippen LogP contribution in [-0.2, 0) is 14.8 Å². The van der Waals surface area contributed by atoms with Crippen molar-refractivity contribution in [3.8, 4) is 0 Å². The second kappa shape index (κ2) is 6.47. The minimum absolute atomic E-state index is 0.143. The summed E-state index contributed by atoms with van der Waals surface area (Å²) in [6, 6.07) is 8.98. The minimum atomic E-state index is -3.48. The average molecular weight is 310 g/mol. The van der Waals surface area contributed by atoms with E-state index in [-0.39, 0.29) is 18.5 Å². The third kappa shape index (κ3) is 3.97. The van der Waals surface area contributed by atoms with Crippen molar-refractivity contribution in [3.63, 3.8) is 0 Å². The average Bonchev–Trinajstić information content (AvgIpc) is 2.97. The maximum atomic E-state index is 12.4. The summed E-state index contributed by atoms with van der Waals surface area (Å²) in [5, 5.41) is 0. The van der Waals surface area contributed by atoms with Crippen LogP contribution in [0.5, 0.6) is 0 Å². The predicted molar refractivity (Wildman–Crippen MR) is 83.7 cm³/mol. The predicted octanol–water partition coefficient (Wildman–Crippen LogP) is 1.85. The standard InChI is InChI=1S/C15H22N2O3S/c1-16(13-8-6-7-9-13)15(18)12-17(21(2,19)20)14-10-4-3-5-11-14/h3-5,10-11,13H,6-9,12H2,1-2H3. The molecule has 1 fully saturated rings. The lowest BCUT2D eigenvalue weighted by atomic mass is 10.2. The summed E-state index contributed by atoms with van der Waals surface area (Å²) in [7, 11) is -1.72. The summed E-state index contributed by atoms with van der Waals surface area (Å²) in [6.45, 7) is -0.143. The lowest BCUT2D eigenvalue weighted by molar-refractivity contribution is -0.130. The van der Waals surface area contributed by atoms with Gasteiger partial charge in [-0.15, -0.1) is 0 Å². The Hall–Kier alpha value is -1.56. The fourth-order valence-electron chi connectivity index (χ4n) is 2.72. The highest BCUT2D eigenvalue weighted by molar-refractivity contribution is 7.92. The summed E-state index contributed by atoms with van der Waals surface area (Å²) in [6.07, 6.45) is 5.41. The number of hydrogen-bond donors (Lipinski definition) is 0. The first-order chi connectivity index (χ1) is 9.89. The summed E-state index contributed by atoms with van der Waals surface area (Å²) < 4.78 is 25.1. The van der Waals surface area contributed by atoms with E-state index < -0.39 is 10.0 Å². The first kappa shape index (κ1) is 15.8. The number of carbonyl (C=O) groups is 1. The molecule has 1 aromatic carbocycles. The number of amides is 1. The van der Waals surface area contributed by atoms with E-state index in [1.165, 1.54) is 4.31 Å². The SMILES string of the molecule is CN(C(=O)CN(c1ccccc1)S(C)(=O)=O)C1CCCC1. The van der Waals surface area contributed by atoms with Crippen LogP contribution in [0.15, 0.2) is 30.3 Å². The lowest BCUT2D eigenvalue weighted by Gasteiger charge is -2.28. The van der Waals surface area contributed by atoms with Gasteiger partial charge < -0.3 is 4.90 Å². The van der Waals surface area contributed by atoms with Crippen molar-refractivity contribution in [2.75, 3.05) is 24.2 Å². The second-order valence-electron chi connectivity index (χ2n) is 5.55. The summed E-state index contributed by atoms with van der Waals surface area (Å²) >= 11 is 0. The molecule has 0 N–H and O–H groups in total. The van der Waals surface area contributed by atoms with Crippen LogP contribution in [0.25, 0.3) is 0 Å². The molecule has 0 saturated heterocycles. The van der Waals surface area contributed by atoms with E-state index >= 15 is 0 Å². The molecular weight excluding hydrogens is 288 g/mol. The fraction of sp³-hybridized carbons (Fsp3) is 0.533. The molecule has 0 radical (unpaired) electrons. The molecule has 116 valence electrons. The molecule has 0 heterocycles. The zero-order valence-electron chi connectivity index (χ0n) is 12.5. The van der Waals surface area contributed by atoms with Gasteiger partial charge in [-0.2, -0.15) is 0 Å². The zero-order valence-corrected chi connectivity index (χ0v) is 13.3. The van der Waals surface area contributed by atoms with Gasteiger partial charge in [0, 0.05) is 13.1 Å². The van der Waals surface area contributed by atoms with E-state index in [9.17, 15) is 13.2 Å². The molecule has 6 heteroatoms. The highest BCUT2D eigenvalue weighted by Crippen LogP contribution is 2.23. The third-order valence-electron chi connectivity index (χ3n) is 3.99. The summed E-state index contributed by atoms with van der Waals surface area (Å²) in [5.74, 6) is -0.156. The van der Waals surface area contributed by atoms with Gasteiger partial charge in [-0.25, -0.2) is 8.42 Å². The molecule has 1 aliphatic rings. The highest BCUT2D eigenvalue weighted by Gasteiger charge is 2.27. The Balaban J connectivity index is 2.14. The fourth-order valence-corrected chi connectivity index (χ4v) is 3.57.